The number of halogens is 3. The number of nitrogens with zero attached hydrogens (tertiary/aromatic N) is 1. The lowest BCUT2D eigenvalue weighted by molar-refractivity contribution is -0.138. The van der Waals surface area contributed by atoms with Gasteiger partial charge >= 0.3 is 12.1 Å². The van der Waals surface area contributed by atoms with E-state index in [1.165, 1.54) is 24.5 Å². The van der Waals surface area contributed by atoms with E-state index in [9.17, 15) is 18.0 Å². The molecule has 0 bridgehead atoms. The minimum absolute atomic E-state index is 0.487. The number of esters is 1. The highest BCUT2D eigenvalue weighted by atomic mass is 19.4. The number of hydrogen-bond donors (Lipinski definition) is 0. The normalized spacial score (nSPS) is 11.2. The Morgan fingerprint density at radius 3 is 2.30 bits per heavy atom. The van der Waals surface area contributed by atoms with E-state index in [1.54, 1.807) is 12.1 Å². The zero-order valence-corrected chi connectivity index (χ0v) is 10.4. The standard InChI is InChI=1S/C14H10F3NO2/c1-20-13(19)11-8-10(9-4-6-18-7-5-9)2-3-12(11)14(15,16)17/h2-8H,1H3. The number of carbonyl (C=O) groups is 1. The zero-order chi connectivity index (χ0) is 14.8. The molecular formula is C14H10F3NO2. The molecule has 0 saturated carbocycles. The second-order valence-corrected chi connectivity index (χ2v) is 3.99. The third kappa shape index (κ3) is 2.79. The van der Waals surface area contributed by atoms with Gasteiger partial charge in [0, 0.05) is 12.4 Å². The number of benzene rings is 1. The van der Waals surface area contributed by atoms with Gasteiger partial charge in [0.2, 0.25) is 0 Å². The minimum Gasteiger partial charge on any atom is -0.465 e. The third-order valence-corrected chi connectivity index (χ3v) is 2.74. The predicted molar refractivity (Wildman–Crippen MR) is 66.0 cm³/mol. The fraction of sp³-hybridized carbons (Fsp3) is 0.143. The van der Waals surface area contributed by atoms with E-state index in [0.717, 1.165) is 13.2 Å². The van der Waals surface area contributed by atoms with Crippen molar-refractivity contribution in [2.45, 2.75) is 6.18 Å². The van der Waals surface area contributed by atoms with Crippen molar-refractivity contribution in [1.82, 2.24) is 4.98 Å². The van der Waals surface area contributed by atoms with Crippen LogP contribution in [0.4, 0.5) is 13.2 Å². The van der Waals surface area contributed by atoms with Gasteiger partial charge in [-0.3, -0.25) is 4.98 Å². The molecule has 0 radical (unpaired) electrons. The molecule has 2 rings (SSSR count). The van der Waals surface area contributed by atoms with Crippen LogP contribution in [0.3, 0.4) is 0 Å². The van der Waals surface area contributed by atoms with Gasteiger partial charge in [-0.1, -0.05) is 6.07 Å². The smallest absolute Gasteiger partial charge is 0.417 e. The maximum atomic E-state index is 12.9. The summed E-state index contributed by atoms with van der Waals surface area (Å²) >= 11 is 0. The molecule has 1 aromatic carbocycles. The second kappa shape index (κ2) is 5.32. The zero-order valence-electron chi connectivity index (χ0n) is 10.4. The lowest BCUT2D eigenvalue weighted by Gasteiger charge is -2.13. The van der Waals surface area contributed by atoms with Crippen molar-refractivity contribution in [3.63, 3.8) is 0 Å². The van der Waals surface area contributed by atoms with E-state index in [-0.39, 0.29) is 0 Å². The number of ether oxygens (including phenoxy) is 1. The fourth-order valence-corrected chi connectivity index (χ4v) is 1.79. The van der Waals surface area contributed by atoms with Gasteiger partial charge in [-0.25, -0.2) is 4.79 Å². The number of hydrogen-bond acceptors (Lipinski definition) is 3. The molecule has 1 heterocycles. The van der Waals surface area contributed by atoms with Gasteiger partial charge in [0.05, 0.1) is 18.2 Å². The van der Waals surface area contributed by atoms with Gasteiger partial charge in [0.25, 0.3) is 0 Å². The van der Waals surface area contributed by atoms with E-state index in [0.29, 0.717) is 11.1 Å². The molecule has 0 spiro atoms. The second-order valence-electron chi connectivity index (χ2n) is 3.99. The van der Waals surface area contributed by atoms with Crippen LogP contribution in [-0.2, 0) is 10.9 Å². The monoisotopic (exact) mass is 281 g/mol. The summed E-state index contributed by atoms with van der Waals surface area (Å²) in [5.74, 6) is -1.02. The fourth-order valence-electron chi connectivity index (χ4n) is 1.79. The van der Waals surface area contributed by atoms with E-state index in [1.807, 2.05) is 0 Å². The lowest BCUT2D eigenvalue weighted by Crippen LogP contribution is -2.14. The number of carbonyl (C=O) groups excluding carboxylic acids is 1. The molecule has 0 aliphatic heterocycles. The quantitative estimate of drug-likeness (QED) is 0.790. The maximum Gasteiger partial charge on any atom is 0.417 e. The molecular weight excluding hydrogens is 271 g/mol. The van der Waals surface area contributed by atoms with Gasteiger partial charge in [-0.15, -0.1) is 0 Å². The van der Waals surface area contributed by atoms with E-state index in [2.05, 4.69) is 9.72 Å². The van der Waals surface area contributed by atoms with Crippen LogP contribution in [0.5, 0.6) is 0 Å². The Hall–Kier alpha value is -2.37. The number of methoxy groups -OCH3 is 1. The van der Waals surface area contributed by atoms with Crippen molar-refractivity contribution >= 4 is 5.97 Å². The molecule has 0 unspecified atom stereocenters. The van der Waals surface area contributed by atoms with Gasteiger partial charge in [-0.05, 0) is 35.4 Å². The van der Waals surface area contributed by atoms with E-state index < -0.39 is 23.3 Å². The number of alkyl halides is 3. The van der Waals surface area contributed by atoms with Crippen LogP contribution in [0.25, 0.3) is 11.1 Å². The summed E-state index contributed by atoms with van der Waals surface area (Å²) in [7, 11) is 1.04. The Kier molecular flexibility index (Phi) is 3.74. The van der Waals surface area contributed by atoms with E-state index in [4.69, 9.17) is 0 Å². The number of rotatable bonds is 2. The first-order chi connectivity index (χ1) is 9.43. The first-order valence-corrected chi connectivity index (χ1v) is 5.63. The first kappa shape index (κ1) is 14.0. The molecule has 0 saturated heterocycles. The number of aromatic nitrogens is 1. The molecule has 1 aromatic heterocycles. The van der Waals surface area contributed by atoms with Crippen molar-refractivity contribution in [2.24, 2.45) is 0 Å². The highest BCUT2D eigenvalue weighted by molar-refractivity contribution is 5.93. The molecule has 0 amide bonds. The van der Waals surface area contributed by atoms with Crippen LogP contribution in [0.2, 0.25) is 0 Å². The van der Waals surface area contributed by atoms with Crippen LogP contribution in [-0.4, -0.2) is 18.1 Å². The van der Waals surface area contributed by atoms with Gasteiger partial charge in [0.1, 0.15) is 0 Å². The van der Waals surface area contributed by atoms with Gasteiger partial charge in [-0.2, -0.15) is 13.2 Å². The van der Waals surface area contributed by atoms with Crippen LogP contribution < -0.4 is 0 Å². The highest BCUT2D eigenvalue weighted by Crippen LogP contribution is 2.34. The Morgan fingerprint density at radius 1 is 1.10 bits per heavy atom. The molecule has 0 aliphatic rings. The van der Waals surface area contributed by atoms with Gasteiger partial charge in [0.15, 0.2) is 0 Å². The Labute approximate surface area is 113 Å². The number of pyridine rings is 1. The average Bonchev–Trinajstić information content (AvgIpc) is 2.45. The van der Waals surface area contributed by atoms with Crippen molar-refractivity contribution < 1.29 is 22.7 Å². The Balaban J connectivity index is 2.58. The van der Waals surface area contributed by atoms with Crippen molar-refractivity contribution in [3.8, 4) is 11.1 Å². The summed E-state index contributed by atoms with van der Waals surface area (Å²) in [6.45, 7) is 0. The molecule has 0 aliphatic carbocycles. The average molecular weight is 281 g/mol. The lowest BCUT2D eigenvalue weighted by atomic mass is 9.99. The minimum atomic E-state index is -4.61. The van der Waals surface area contributed by atoms with Crippen molar-refractivity contribution in [2.75, 3.05) is 7.11 Å². The van der Waals surface area contributed by atoms with Gasteiger partial charge < -0.3 is 4.74 Å². The topological polar surface area (TPSA) is 39.2 Å². The van der Waals surface area contributed by atoms with E-state index >= 15 is 0 Å². The molecule has 0 fully saturated rings. The van der Waals surface area contributed by atoms with Crippen LogP contribution >= 0.6 is 0 Å². The summed E-state index contributed by atoms with van der Waals surface area (Å²) in [6.07, 6.45) is -1.57. The molecule has 2 aromatic rings. The molecule has 20 heavy (non-hydrogen) atoms. The summed E-state index contributed by atoms with van der Waals surface area (Å²) in [4.78, 5) is 15.4. The van der Waals surface area contributed by atoms with Crippen LogP contribution in [0.1, 0.15) is 15.9 Å². The first-order valence-electron chi connectivity index (χ1n) is 5.63. The molecule has 6 heteroatoms. The SMILES string of the molecule is COC(=O)c1cc(-c2ccncc2)ccc1C(F)(F)F. The Bertz CT molecular complexity index is 624. The summed E-state index contributed by atoms with van der Waals surface area (Å²) in [5, 5.41) is 0. The summed E-state index contributed by atoms with van der Waals surface area (Å²) < 4.78 is 43.0. The van der Waals surface area contributed by atoms with Crippen molar-refractivity contribution in [3.05, 3.63) is 53.9 Å². The summed E-state index contributed by atoms with van der Waals surface area (Å²) in [5.41, 5.74) is -0.365. The maximum absolute atomic E-state index is 12.9. The van der Waals surface area contributed by atoms with Crippen LogP contribution in [0, 0.1) is 0 Å². The Morgan fingerprint density at radius 2 is 1.75 bits per heavy atom. The third-order valence-electron chi connectivity index (χ3n) is 2.74. The molecule has 0 N–H and O–H groups in total. The highest BCUT2D eigenvalue weighted by Gasteiger charge is 2.35. The molecule has 104 valence electrons. The van der Waals surface area contributed by atoms with Crippen LogP contribution in [0.15, 0.2) is 42.7 Å². The molecule has 0 atom stereocenters. The summed E-state index contributed by atoms with van der Waals surface area (Å²) in [6, 6.07) is 6.64. The largest absolute Gasteiger partial charge is 0.465 e. The van der Waals surface area contributed by atoms with Crippen molar-refractivity contribution in [1.29, 1.82) is 0 Å². The predicted octanol–water partition coefficient (Wildman–Crippen LogP) is 3.55. The molecule has 3 nitrogen and oxygen atoms in total.